The van der Waals surface area contributed by atoms with E-state index in [0.29, 0.717) is 11.6 Å². The quantitative estimate of drug-likeness (QED) is 0.876. The van der Waals surface area contributed by atoms with Crippen molar-refractivity contribution in [2.75, 3.05) is 0 Å². The molecule has 4 rings (SSSR count). The van der Waals surface area contributed by atoms with Gasteiger partial charge in [0.25, 0.3) is 0 Å². The van der Waals surface area contributed by atoms with Crippen molar-refractivity contribution in [3.05, 3.63) is 42.2 Å². The maximum atomic E-state index is 12.2. The lowest BCUT2D eigenvalue weighted by Gasteiger charge is -2.28. The molecule has 24 heavy (non-hydrogen) atoms. The molecule has 2 saturated carbocycles. The van der Waals surface area contributed by atoms with E-state index < -0.39 is 0 Å². The second-order valence-corrected chi connectivity index (χ2v) is 7.25. The van der Waals surface area contributed by atoms with Crippen LogP contribution in [0.15, 0.2) is 36.5 Å². The fourth-order valence-electron chi connectivity index (χ4n) is 4.50. The molecular formula is C20H23N3O. The van der Waals surface area contributed by atoms with Gasteiger partial charge in [-0.3, -0.25) is 9.78 Å². The number of aromatic nitrogens is 2. The zero-order valence-electron chi connectivity index (χ0n) is 14.0. The summed E-state index contributed by atoms with van der Waals surface area (Å²) in [6.45, 7) is 2.15. The summed E-state index contributed by atoms with van der Waals surface area (Å²) in [6.07, 6.45) is 10.4. The molecule has 4 unspecified atom stereocenters. The van der Waals surface area contributed by atoms with Gasteiger partial charge in [0, 0.05) is 12.1 Å². The van der Waals surface area contributed by atoms with E-state index in [9.17, 15) is 4.79 Å². The molecule has 1 aromatic carbocycles. The van der Waals surface area contributed by atoms with E-state index in [0.717, 1.165) is 22.9 Å². The first-order valence-corrected chi connectivity index (χ1v) is 8.89. The lowest BCUT2D eigenvalue weighted by molar-refractivity contribution is -0.117. The Morgan fingerprint density at radius 3 is 2.83 bits per heavy atom. The van der Waals surface area contributed by atoms with Crippen molar-refractivity contribution in [2.45, 2.75) is 38.6 Å². The monoisotopic (exact) mass is 321 g/mol. The van der Waals surface area contributed by atoms with Crippen molar-refractivity contribution in [2.24, 2.45) is 17.8 Å². The van der Waals surface area contributed by atoms with E-state index in [1.807, 2.05) is 24.3 Å². The minimum atomic E-state index is -0.0415. The third-order valence-electron chi connectivity index (χ3n) is 5.68. The van der Waals surface area contributed by atoms with Crippen LogP contribution < -0.4 is 5.32 Å². The summed E-state index contributed by atoms with van der Waals surface area (Å²) in [5.74, 6) is 2.34. The zero-order chi connectivity index (χ0) is 16.5. The summed E-state index contributed by atoms with van der Waals surface area (Å²) >= 11 is 0. The number of amides is 1. The number of carbonyl (C=O) groups is 1. The Labute approximate surface area is 142 Å². The molecule has 0 aliphatic heterocycles. The maximum Gasteiger partial charge on any atom is 0.244 e. The van der Waals surface area contributed by atoms with Crippen LogP contribution in [0.4, 0.5) is 0 Å². The number of hydrogen-bond acceptors (Lipinski definition) is 3. The highest BCUT2D eigenvalue weighted by atomic mass is 16.1. The molecule has 1 N–H and O–H groups in total. The standard InChI is InChI=1S/C20H23N3O/c1-13(17-11-14-6-7-15(17)10-14)22-20(24)9-8-16-12-21-18-4-2-3-5-19(18)23-16/h2-5,8-9,12-15,17H,6-7,10-11H2,1H3,(H,22,24). The third-order valence-corrected chi connectivity index (χ3v) is 5.68. The van der Waals surface area contributed by atoms with Crippen LogP contribution in [0.5, 0.6) is 0 Å². The molecule has 0 saturated heterocycles. The van der Waals surface area contributed by atoms with Gasteiger partial charge in [-0.25, -0.2) is 4.98 Å². The SMILES string of the molecule is CC(NC(=O)C=Cc1cnc2ccccc2n1)C1CC2CCC1C2. The van der Waals surface area contributed by atoms with E-state index >= 15 is 0 Å². The molecule has 4 heteroatoms. The van der Waals surface area contributed by atoms with Crippen LogP contribution in [0.25, 0.3) is 17.1 Å². The van der Waals surface area contributed by atoms with Crippen LogP contribution in [0.2, 0.25) is 0 Å². The Morgan fingerprint density at radius 1 is 1.25 bits per heavy atom. The maximum absolute atomic E-state index is 12.2. The highest BCUT2D eigenvalue weighted by Gasteiger charge is 2.41. The summed E-state index contributed by atoms with van der Waals surface area (Å²) in [5.41, 5.74) is 2.41. The molecule has 1 heterocycles. The molecule has 0 radical (unpaired) electrons. The molecule has 1 aromatic heterocycles. The van der Waals surface area contributed by atoms with E-state index in [-0.39, 0.29) is 11.9 Å². The number of nitrogens with zero attached hydrogens (tertiary/aromatic N) is 2. The first-order chi connectivity index (χ1) is 11.7. The Morgan fingerprint density at radius 2 is 2.08 bits per heavy atom. The van der Waals surface area contributed by atoms with Crippen LogP contribution in [0.1, 0.15) is 38.3 Å². The van der Waals surface area contributed by atoms with Crippen molar-refractivity contribution in [3.8, 4) is 0 Å². The molecule has 2 aromatic rings. The molecule has 4 nitrogen and oxygen atoms in total. The molecule has 2 fully saturated rings. The third kappa shape index (κ3) is 3.05. The number of hydrogen-bond donors (Lipinski definition) is 1. The average Bonchev–Trinajstić information content (AvgIpc) is 3.23. The van der Waals surface area contributed by atoms with Gasteiger partial charge in [-0.15, -0.1) is 0 Å². The first kappa shape index (κ1) is 15.3. The summed E-state index contributed by atoms with van der Waals surface area (Å²) in [7, 11) is 0. The number of nitrogens with one attached hydrogen (secondary N) is 1. The van der Waals surface area contributed by atoms with E-state index in [1.54, 1.807) is 18.3 Å². The zero-order valence-corrected chi connectivity index (χ0v) is 14.0. The minimum Gasteiger partial charge on any atom is -0.350 e. The molecule has 0 spiro atoms. The first-order valence-electron chi connectivity index (χ1n) is 8.89. The van der Waals surface area contributed by atoms with Crippen molar-refractivity contribution < 1.29 is 4.79 Å². The van der Waals surface area contributed by atoms with Crippen LogP contribution in [0, 0.1) is 17.8 Å². The van der Waals surface area contributed by atoms with Crippen LogP contribution in [-0.2, 0) is 4.79 Å². The van der Waals surface area contributed by atoms with Gasteiger partial charge in [0.15, 0.2) is 0 Å². The highest BCUT2D eigenvalue weighted by molar-refractivity contribution is 5.91. The molecule has 2 aliphatic carbocycles. The van der Waals surface area contributed by atoms with Crippen LogP contribution in [-0.4, -0.2) is 21.9 Å². The highest BCUT2D eigenvalue weighted by Crippen LogP contribution is 2.49. The van der Waals surface area contributed by atoms with Gasteiger partial charge < -0.3 is 5.32 Å². The van der Waals surface area contributed by atoms with E-state index in [4.69, 9.17) is 0 Å². The van der Waals surface area contributed by atoms with Gasteiger partial charge in [0.05, 0.1) is 22.9 Å². The predicted molar refractivity (Wildman–Crippen MR) is 95.1 cm³/mol. The lowest BCUT2D eigenvalue weighted by Crippen LogP contribution is -2.39. The second kappa shape index (κ2) is 6.34. The number of rotatable bonds is 4. The van der Waals surface area contributed by atoms with Crippen molar-refractivity contribution in [3.63, 3.8) is 0 Å². The minimum absolute atomic E-state index is 0.0415. The smallest absolute Gasteiger partial charge is 0.244 e. The Balaban J connectivity index is 1.38. The van der Waals surface area contributed by atoms with E-state index in [2.05, 4.69) is 22.2 Å². The van der Waals surface area contributed by atoms with Gasteiger partial charge in [0.1, 0.15) is 0 Å². The fourth-order valence-corrected chi connectivity index (χ4v) is 4.50. The Bertz CT molecular complexity index is 785. The molecule has 1 amide bonds. The van der Waals surface area contributed by atoms with Gasteiger partial charge in [-0.2, -0.15) is 0 Å². The van der Waals surface area contributed by atoms with Gasteiger partial charge in [0.2, 0.25) is 5.91 Å². The van der Waals surface area contributed by atoms with Crippen molar-refractivity contribution >= 4 is 23.0 Å². The molecule has 2 aliphatic rings. The number of carbonyl (C=O) groups excluding carboxylic acids is 1. The number of para-hydroxylation sites is 2. The normalized spacial score (nSPS) is 27.0. The predicted octanol–water partition coefficient (Wildman–Crippen LogP) is 3.58. The number of fused-ring (bicyclic) bond motifs is 3. The van der Waals surface area contributed by atoms with Crippen LogP contribution >= 0.6 is 0 Å². The summed E-state index contributed by atoms with van der Waals surface area (Å²) < 4.78 is 0. The van der Waals surface area contributed by atoms with Crippen molar-refractivity contribution in [1.29, 1.82) is 0 Å². The van der Waals surface area contributed by atoms with Gasteiger partial charge in [-0.1, -0.05) is 18.6 Å². The Kier molecular flexibility index (Phi) is 4.05. The van der Waals surface area contributed by atoms with E-state index in [1.165, 1.54) is 25.7 Å². The summed E-state index contributed by atoms with van der Waals surface area (Å²) in [4.78, 5) is 21.1. The average molecular weight is 321 g/mol. The topological polar surface area (TPSA) is 54.9 Å². The molecular weight excluding hydrogens is 298 g/mol. The second-order valence-electron chi connectivity index (χ2n) is 7.25. The fraction of sp³-hybridized carbons (Fsp3) is 0.450. The van der Waals surface area contributed by atoms with Crippen molar-refractivity contribution in [1.82, 2.24) is 15.3 Å². The Hall–Kier alpha value is -2.23. The largest absolute Gasteiger partial charge is 0.350 e. The number of benzene rings is 1. The lowest BCUT2D eigenvalue weighted by atomic mass is 9.84. The van der Waals surface area contributed by atoms with Crippen LogP contribution in [0.3, 0.4) is 0 Å². The van der Waals surface area contributed by atoms with Gasteiger partial charge >= 0.3 is 0 Å². The summed E-state index contributed by atoms with van der Waals surface area (Å²) in [5, 5.41) is 3.14. The molecule has 124 valence electrons. The van der Waals surface area contributed by atoms with Gasteiger partial charge in [-0.05, 0) is 62.1 Å². The molecule has 2 bridgehead atoms. The molecule has 4 atom stereocenters. The summed E-state index contributed by atoms with van der Waals surface area (Å²) in [6, 6.07) is 7.99.